The van der Waals surface area contributed by atoms with Gasteiger partial charge in [0.2, 0.25) is 0 Å². The van der Waals surface area contributed by atoms with E-state index in [0.717, 1.165) is 5.39 Å². The zero-order chi connectivity index (χ0) is 11.5. The highest BCUT2D eigenvalue weighted by atomic mass is 35.5. The Balaban J connectivity index is 2.60. The quantitative estimate of drug-likeness (QED) is 0.764. The van der Waals surface area contributed by atoms with E-state index >= 15 is 0 Å². The summed E-state index contributed by atoms with van der Waals surface area (Å²) in [6.45, 7) is 0.0831. The minimum atomic E-state index is -0.470. The molecule has 0 aliphatic rings. The molecule has 0 aliphatic heterocycles. The van der Waals surface area contributed by atoms with E-state index < -0.39 is 5.82 Å². The van der Waals surface area contributed by atoms with Crippen LogP contribution in [0, 0.1) is 11.9 Å². The second kappa shape index (κ2) is 4.68. The smallest absolute Gasteiger partial charge is 0.188 e. The fourth-order valence-corrected chi connectivity index (χ4v) is 1.72. The molecule has 0 fully saturated rings. The summed E-state index contributed by atoms with van der Waals surface area (Å²) in [5, 5.41) is 1.37. The molecule has 1 radical (unpaired) electrons. The van der Waals surface area contributed by atoms with Crippen LogP contribution in [0.15, 0.2) is 24.3 Å². The third-order valence-corrected chi connectivity index (χ3v) is 2.53. The molecule has 0 saturated carbocycles. The highest BCUT2D eigenvalue weighted by Gasteiger charge is 2.10. The molecule has 2 nitrogen and oxygen atoms in total. The summed E-state index contributed by atoms with van der Waals surface area (Å²) in [7, 11) is 1.51. The maximum atomic E-state index is 13.3. The van der Waals surface area contributed by atoms with Crippen LogP contribution in [0.3, 0.4) is 0 Å². The van der Waals surface area contributed by atoms with Gasteiger partial charge in [0.15, 0.2) is 6.79 Å². The summed E-state index contributed by atoms with van der Waals surface area (Å²) in [6.07, 6.45) is 0. The molecule has 0 aromatic heterocycles. The van der Waals surface area contributed by atoms with Gasteiger partial charge in [0, 0.05) is 12.5 Å². The monoisotopic (exact) mass is 239 g/mol. The fraction of sp³-hybridized carbons (Fsp3) is 0.167. The van der Waals surface area contributed by atoms with Crippen LogP contribution >= 0.6 is 11.6 Å². The number of ether oxygens (including phenoxy) is 2. The predicted octanol–water partition coefficient (Wildman–Crippen LogP) is 3.42. The van der Waals surface area contributed by atoms with Crippen molar-refractivity contribution in [2.24, 2.45) is 0 Å². The lowest BCUT2D eigenvalue weighted by atomic mass is 10.1. The highest BCUT2D eigenvalue weighted by Crippen LogP contribution is 2.33. The molecule has 0 amide bonds. The summed E-state index contributed by atoms with van der Waals surface area (Å²) in [6, 6.07) is 9.17. The minimum absolute atomic E-state index is 0.0533. The van der Waals surface area contributed by atoms with E-state index in [1.807, 2.05) is 0 Å². The minimum Gasteiger partial charge on any atom is -0.467 e. The van der Waals surface area contributed by atoms with Gasteiger partial charge in [-0.2, -0.15) is 0 Å². The molecule has 2 rings (SSSR count). The Morgan fingerprint density at radius 2 is 2.19 bits per heavy atom. The lowest BCUT2D eigenvalue weighted by Crippen LogP contribution is -1.99. The number of hydrogen-bond donors (Lipinski definition) is 0. The van der Waals surface area contributed by atoms with Gasteiger partial charge >= 0.3 is 0 Å². The van der Waals surface area contributed by atoms with Gasteiger partial charge in [-0.05, 0) is 29.7 Å². The van der Waals surface area contributed by atoms with Crippen molar-refractivity contribution in [3.8, 4) is 5.75 Å². The summed E-state index contributed by atoms with van der Waals surface area (Å²) in [4.78, 5) is 0. The molecular formula is C12H9ClFO2. The maximum absolute atomic E-state index is 13.3. The van der Waals surface area contributed by atoms with Gasteiger partial charge in [-0.15, -0.1) is 0 Å². The van der Waals surface area contributed by atoms with Crippen LogP contribution in [-0.2, 0) is 4.74 Å². The average molecular weight is 240 g/mol. The zero-order valence-corrected chi connectivity index (χ0v) is 9.34. The van der Waals surface area contributed by atoms with Crippen LogP contribution in [0.1, 0.15) is 0 Å². The van der Waals surface area contributed by atoms with Crippen LogP contribution in [-0.4, -0.2) is 13.9 Å². The maximum Gasteiger partial charge on any atom is 0.188 e. The molecule has 0 heterocycles. The van der Waals surface area contributed by atoms with Gasteiger partial charge in [0.1, 0.15) is 11.6 Å². The van der Waals surface area contributed by atoms with Crippen LogP contribution in [0.4, 0.5) is 4.39 Å². The number of hydrogen-bond acceptors (Lipinski definition) is 2. The highest BCUT2D eigenvalue weighted by molar-refractivity contribution is 6.36. The second-order valence-electron chi connectivity index (χ2n) is 3.20. The molecule has 0 unspecified atom stereocenters. The Labute approximate surface area is 97.5 Å². The first-order chi connectivity index (χ1) is 7.74. The van der Waals surface area contributed by atoms with Gasteiger partial charge in [-0.3, -0.25) is 0 Å². The van der Waals surface area contributed by atoms with Crippen molar-refractivity contribution >= 4 is 22.4 Å². The topological polar surface area (TPSA) is 18.5 Å². The molecule has 0 aliphatic carbocycles. The first-order valence-corrected chi connectivity index (χ1v) is 5.01. The van der Waals surface area contributed by atoms with Gasteiger partial charge in [0.05, 0.1) is 5.02 Å². The van der Waals surface area contributed by atoms with Crippen molar-refractivity contribution in [3.05, 3.63) is 41.2 Å². The number of benzene rings is 2. The molecule has 0 spiro atoms. The van der Waals surface area contributed by atoms with Crippen molar-refractivity contribution < 1.29 is 13.9 Å². The van der Waals surface area contributed by atoms with Crippen molar-refractivity contribution in [2.45, 2.75) is 0 Å². The number of fused-ring (bicyclic) bond motifs is 1. The van der Waals surface area contributed by atoms with Crippen LogP contribution < -0.4 is 4.74 Å². The van der Waals surface area contributed by atoms with E-state index in [1.165, 1.54) is 13.2 Å². The predicted molar refractivity (Wildman–Crippen MR) is 60.3 cm³/mol. The Morgan fingerprint density at radius 3 is 2.94 bits per heavy atom. The SMILES string of the molecule is COCOc1c[c]cc2ccc(F)c(Cl)c12. The Morgan fingerprint density at radius 1 is 1.38 bits per heavy atom. The molecule has 2 aromatic rings. The molecule has 83 valence electrons. The lowest BCUT2D eigenvalue weighted by Gasteiger charge is -2.09. The van der Waals surface area contributed by atoms with E-state index in [2.05, 4.69) is 6.07 Å². The lowest BCUT2D eigenvalue weighted by molar-refractivity contribution is 0.0522. The van der Waals surface area contributed by atoms with Crippen molar-refractivity contribution in [1.82, 2.24) is 0 Å². The van der Waals surface area contributed by atoms with Crippen LogP contribution in [0.25, 0.3) is 10.8 Å². The van der Waals surface area contributed by atoms with Crippen LogP contribution in [0.5, 0.6) is 5.75 Å². The summed E-state index contributed by atoms with van der Waals surface area (Å²) < 4.78 is 23.4. The fourth-order valence-electron chi connectivity index (χ4n) is 1.45. The Bertz CT molecular complexity index is 514. The van der Waals surface area contributed by atoms with Crippen molar-refractivity contribution in [3.63, 3.8) is 0 Å². The third kappa shape index (κ3) is 1.96. The molecule has 2 aromatic carbocycles. The summed E-state index contributed by atoms with van der Waals surface area (Å²) >= 11 is 5.90. The number of methoxy groups -OCH3 is 1. The normalized spacial score (nSPS) is 10.7. The molecule has 0 saturated heterocycles. The van der Waals surface area contributed by atoms with Gasteiger partial charge < -0.3 is 9.47 Å². The van der Waals surface area contributed by atoms with Gasteiger partial charge in [-0.1, -0.05) is 17.7 Å². The van der Waals surface area contributed by atoms with E-state index in [-0.39, 0.29) is 11.8 Å². The van der Waals surface area contributed by atoms with Crippen molar-refractivity contribution in [2.75, 3.05) is 13.9 Å². The summed E-state index contributed by atoms with van der Waals surface area (Å²) in [5.41, 5.74) is 0. The van der Waals surface area contributed by atoms with E-state index in [9.17, 15) is 4.39 Å². The van der Waals surface area contributed by atoms with Gasteiger partial charge in [0.25, 0.3) is 0 Å². The van der Waals surface area contributed by atoms with E-state index in [0.29, 0.717) is 11.1 Å². The largest absolute Gasteiger partial charge is 0.467 e. The number of rotatable bonds is 3. The average Bonchev–Trinajstić information content (AvgIpc) is 2.31. The molecule has 0 bridgehead atoms. The third-order valence-electron chi connectivity index (χ3n) is 2.16. The van der Waals surface area contributed by atoms with Gasteiger partial charge in [-0.25, -0.2) is 4.39 Å². The Hall–Kier alpha value is -1.32. The number of halogens is 2. The van der Waals surface area contributed by atoms with E-state index in [4.69, 9.17) is 21.1 Å². The second-order valence-corrected chi connectivity index (χ2v) is 3.57. The summed E-state index contributed by atoms with van der Waals surface area (Å²) in [5.74, 6) is -0.00789. The zero-order valence-electron chi connectivity index (χ0n) is 8.59. The standard InChI is InChI=1S/C12H9ClFO2/c1-15-7-16-10-4-2-3-8-5-6-9(14)12(13)11(8)10/h3-6H,7H2,1H3. The molecule has 4 heteroatoms. The molecule has 0 atom stereocenters. The van der Waals surface area contributed by atoms with E-state index in [1.54, 1.807) is 18.2 Å². The van der Waals surface area contributed by atoms with Crippen molar-refractivity contribution in [1.29, 1.82) is 0 Å². The van der Waals surface area contributed by atoms with Crippen LogP contribution in [0.2, 0.25) is 5.02 Å². The first kappa shape index (κ1) is 11.2. The molecule has 16 heavy (non-hydrogen) atoms. The first-order valence-electron chi connectivity index (χ1n) is 4.63. The Kier molecular flexibility index (Phi) is 3.27. The molecular weight excluding hydrogens is 231 g/mol. The molecule has 0 N–H and O–H groups in total.